The molecule has 0 radical (unpaired) electrons. The number of rotatable bonds is 5. The molecule has 1 aromatic carbocycles. The third-order valence-corrected chi connectivity index (χ3v) is 4.78. The number of benzene rings is 1. The van der Waals surface area contributed by atoms with Crippen molar-refractivity contribution in [1.29, 1.82) is 0 Å². The molecule has 1 aromatic rings. The van der Waals surface area contributed by atoms with Crippen molar-refractivity contribution in [1.82, 2.24) is 9.62 Å². The third kappa shape index (κ3) is 4.03. The fraction of sp³-hybridized carbons (Fsp3) is 0.500. The van der Waals surface area contributed by atoms with E-state index in [1.54, 1.807) is 14.1 Å². The van der Waals surface area contributed by atoms with Crippen molar-refractivity contribution in [2.75, 3.05) is 27.2 Å². The van der Waals surface area contributed by atoms with Gasteiger partial charge in [-0.25, -0.2) is 13.1 Å². The van der Waals surface area contributed by atoms with E-state index < -0.39 is 10.0 Å². The number of carbonyl (C=O) groups is 1. The van der Waals surface area contributed by atoms with E-state index in [1.165, 1.54) is 29.2 Å². The smallest absolute Gasteiger partial charge is 0.253 e. The zero-order chi connectivity index (χ0) is 15.5. The minimum atomic E-state index is -3.57. The molecule has 1 atom stereocenters. The summed E-state index contributed by atoms with van der Waals surface area (Å²) in [5.74, 6) is -0.161. The van der Waals surface area contributed by atoms with Crippen molar-refractivity contribution in [2.24, 2.45) is 0 Å². The summed E-state index contributed by atoms with van der Waals surface area (Å²) in [6.45, 7) is 0.967. The molecule has 0 aliphatic carbocycles. The lowest BCUT2D eigenvalue weighted by molar-refractivity contribution is 0.0827. The minimum absolute atomic E-state index is 0.0469. The molecule has 1 aliphatic heterocycles. The predicted molar refractivity (Wildman–Crippen MR) is 78.6 cm³/mol. The van der Waals surface area contributed by atoms with Gasteiger partial charge in [0.2, 0.25) is 10.0 Å². The van der Waals surface area contributed by atoms with Gasteiger partial charge in [-0.05, 0) is 37.1 Å². The van der Waals surface area contributed by atoms with Gasteiger partial charge in [-0.3, -0.25) is 4.79 Å². The van der Waals surface area contributed by atoms with Crippen LogP contribution in [0.5, 0.6) is 0 Å². The quantitative estimate of drug-likeness (QED) is 0.874. The summed E-state index contributed by atoms with van der Waals surface area (Å²) in [7, 11) is -0.267. The van der Waals surface area contributed by atoms with Crippen LogP contribution in [0.4, 0.5) is 0 Å². The Morgan fingerprint density at radius 2 is 2.00 bits per heavy atom. The largest absolute Gasteiger partial charge is 0.377 e. The van der Waals surface area contributed by atoms with E-state index in [-0.39, 0.29) is 23.5 Å². The summed E-state index contributed by atoms with van der Waals surface area (Å²) in [6, 6.07) is 5.91. The lowest BCUT2D eigenvalue weighted by Gasteiger charge is -2.12. The van der Waals surface area contributed by atoms with Crippen molar-refractivity contribution in [3.05, 3.63) is 29.8 Å². The van der Waals surface area contributed by atoms with Crippen LogP contribution in [0.2, 0.25) is 0 Å². The fourth-order valence-corrected chi connectivity index (χ4v) is 3.19. The fourth-order valence-electron chi connectivity index (χ4n) is 2.13. The van der Waals surface area contributed by atoms with Crippen LogP contribution in [0.1, 0.15) is 23.2 Å². The van der Waals surface area contributed by atoms with Crippen LogP contribution in [0.3, 0.4) is 0 Å². The molecule has 7 heteroatoms. The lowest BCUT2D eigenvalue weighted by atomic mass is 10.2. The van der Waals surface area contributed by atoms with Gasteiger partial charge in [0.25, 0.3) is 5.91 Å². The Hall–Kier alpha value is -1.44. The van der Waals surface area contributed by atoms with E-state index in [2.05, 4.69) is 4.72 Å². The van der Waals surface area contributed by atoms with Gasteiger partial charge in [0.15, 0.2) is 0 Å². The first-order valence-corrected chi connectivity index (χ1v) is 8.31. The Morgan fingerprint density at radius 3 is 2.52 bits per heavy atom. The van der Waals surface area contributed by atoms with Crippen LogP contribution in [0, 0.1) is 0 Å². The Kier molecular flexibility index (Phi) is 4.97. The molecule has 1 N–H and O–H groups in total. The van der Waals surface area contributed by atoms with E-state index in [4.69, 9.17) is 4.74 Å². The summed E-state index contributed by atoms with van der Waals surface area (Å²) in [6.07, 6.45) is 1.79. The van der Waals surface area contributed by atoms with Gasteiger partial charge in [-0.15, -0.1) is 0 Å². The Balaban J connectivity index is 2.04. The second-order valence-corrected chi connectivity index (χ2v) is 6.98. The zero-order valence-electron chi connectivity index (χ0n) is 12.2. The normalized spacial score (nSPS) is 18.7. The van der Waals surface area contributed by atoms with Crippen molar-refractivity contribution in [3.8, 4) is 0 Å². The maximum Gasteiger partial charge on any atom is 0.253 e. The Labute approximate surface area is 125 Å². The highest BCUT2D eigenvalue weighted by molar-refractivity contribution is 7.89. The van der Waals surface area contributed by atoms with Crippen LogP contribution >= 0.6 is 0 Å². The Morgan fingerprint density at radius 1 is 1.33 bits per heavy atom. The van der Waals surface area contributed by atoms with Gasteiger partial charge in [0.1, 0.15) is 0 Å². The molecule has 1 fully saturated rings. The van der Waals surface area contributed by atoms with Crippen LogP contribution in [0.25, 0.3) is 0 Å². The van der Waals surface area contributed by atoms with Crippen LogP contribution in [-0.2, 0) is 14.8 Å². The minimum Gasteiger partial charge on any atom is -0.377 e. The van der Waals surface area contributed by atoms with Gasteiger partial charge in [0, 0.05) is 32.8 Å². The summed E-state index contributed by atoms with van der Waals surface area (Å²) in [5, 5.41) is 0. The predicted octanol–water partition coefficient (Wildman–Crippen LogP) is 0.846. The van der Waals surface area contributed by atoms with Gasteiger partial charge >= 0.3 is 0 Å². The molecule has 0 saturated carbocycles. The second-order valence-electron chi connectivity index (χ2n) is 5.21. The first-order chi connectivity index (χ1) is 9.90. The van der Waals surface area contributed by atoms with E-state index >= 15 is 0 Å². The molecular formula is C14H20N2O4S. The van der Waals surface area contributed by atoms with E-state index in [0.717, 1.165) is 12.8 Å². The molecule has 1 saturated heterocycles. The van der Waals surface area contributed by atoms with Crippen molar-refractivity contribution in [2.45, 2.75) is 23.8 Å². The molecule has 1 aliphatic rings. The van der Waals surface area contributed by atoms with Gasteiger partial charge in [0.05, 0.1) is 11.0 Å². The van der Waals surface area contributed by atoms with E-state index in [9.17, 15) is 13.2 Å². The highest BCUT2D eigenvalue weighted by Crippen LogP contribution is 2.14. The second kappa shape index (κ2) is 6.55. The van der Waals surface area contributed by atoms with Gasteiger partial charge < -0.3 is 9.64 Å². The summed E-state index contributed by atoms with van der Waals surface area (Å²) < 4.78 is 32.2. The van der Waals surface area contributed by atoms with Crippen molar-refractivity contribution < 1.29 is 17.9 Å². The van der Waals surface area contributed by atoms with E-state index in [0.29, 0.717) is 12.2 Å². The topological polar surface area (TPSA) is 75.7 Å². The molecule has 0 spiro atoms. The first-order valence-electron chi connectivity index (χ1n) is 6.83. The van der Waals surface area contributed by atoms with Crippen LogP contribution < -0.4 is 4.72 Å². The molecule has 6 nitrogen and oxygen atoms in total. The molecule has 1 unspecified atom stereocenters. The maximum absolute atomic E-state index is 12.1. The number of carbonyl (C=O) groups excluding carboxylic acids is 1. The number of nitrogens with one attached hydrogen (secondary N) is 1. The summed E-state index contributed by atoms with van der Waals surface area (Å²) >= 11 is 0. The molecule has 21 heavy (non-hydrogen) atoms. The molecule has 0 aromatic heterocycles. The summed E-state index contributed by atoms with van der Waals surface area (Å²) in [5.41, 5.74) is 0.457. The highest BCUT2D eigenvalue weighted by atomic mass is 32.2. The maximum atomic E-state index is 12.1. The molecular weight excluding hydrogens is 292 g/mol. The lowest BCUT2D eigenvalue weighted by Crippen LogP contribution is -2.31. The number of hydrogen-bond acceptors (Lipinski definition) is 4. The number of nitrogens with zero attached hydrogens (tertiary/aromatic N) is 1. The first kappa shape index (κ1) is 15.9. The number of ether oxygens (including phenoxy) is 1. The van der Waals surface area contributed by atoms with E-state index in [1.807, 2.05) is 0 Å². The zero-order valence-corrected chi connectivity index (χ0v) is 13.0. The average Bonchev–Trinajstić information content (AvgIpc) is 2.98. The molecule has 1 amide bonds. The van der Waals surface area contributed by atoms with Crippen LogP contribution in [0.15, 0.2) is 29.2 Å². The van der Waals surface area contributed by atoms with Crippen molar-refractivity contribution in [3.63, 3.8) is 0 Å². The number of hydrogen-bond donors (Lipinski definition) is 1. The van der Waals surface area contributed by atoms with Crippen molar-refractivity contribution >= 4 is 15.9 Å². The van der Waals surface area contributed by atoms with Crippen LogP contribution in [-0.4, -0.2) is 52.6 Å². The molecule has 0 bridgehead atoms. The standard InChI is InChI=1S/C14H20N2O4S/c1-16(2)14(17)11-5-7-13(8-6-11)21(18,19)15-10-12-4-3-9-20-12/h5-8,12,15H,3-4,9-10H2,1-2H3. The summed E-state index contributed by atoms with van der Waals surface area (Å²) in [4.78, 5) is 13.3. The molecule has 2 rings (SSSR count). The van der Waals surface area contributed by atoms with Gasteiger partial charge in [-0.1, -0.05) is 0 Å². The number of sulfonamides is 1. The van der Waals surface area contributed by atoms with Gasteiger partial charge in [-0.2, -0.15) is 0 Å². The number of amides is 1. The molecule has 1 heterocycles. The Bertz CT molecular complexity index is 590. The highest BCUT2D eigenvalue weighted by Gasteiger charge is 2.20. The SMILES string of the molecule is CN(C)C(=O)c1ccc(S(=O)(=O)NCC2CCCO2)cc1. The molecule has 116 valence electrons. The average molecular weight is 312 g/mol. The third-order valence-electron chi connectivity index (χ3n) is 3.34. The monoisotopic (exact) mass is 312 g/mol.